The molecule has 0 spiro atoms. The Labute approximate surface area is 159 Å². The summed E-state index contributed by atoms with van der Waals surface area (Å²) in [6.07, 6.45) is -0.332. The number of nitrogens with one attached hydrogen (secondary N) is 1. The first kappa shape index (κ1) is 21.2. The second-order valence-electron chi connectivity index (χ2n) is 8.07. The van der Waals surface area contributed by atoms with E-state index in [9.17, 15) is 19.8 Å². The van der Waals surface area contributed by atoms with Gasteiger partial charge in [0.25, 0.3) is 0 Å². The van der Waals surface area contributed by atoms with Crippen molar-refractivity contribution in [2.75, 3.05) is 0 Å². The monoisotopic (exact) mass is 379 g/mol. The lowest BCUT2D eigenvalue weighted by Gasteiger charge is -2.40. The maximum Gasteiger partial charge on any atom is 0.407 e. The molecule has 7 heteroatoms. The number of esters is 1. The maximum absolute atomic E-state index is 12.2. The summed E-state index contributed by atoms with van der Waals surface area (Å²) >= 11 is 0. The van der Waals surface area contributed by atoms with Gasteiger partial charge in [-0.2, -0.15) is 0 Å². The average molecular weight is 379 g/mol. The molecule has 2 atom stereocenters. The fourth-order valence-corrected chi connectivity index (χ4v) is 2.88. The number of rotatable bonds is 7. The van der Waals surface area contributed by atoms with Gasteiger partial charge >= 0.3 is 12.1 Å². The van der Waals surface area contributed by atoms with E-state index in [1.54, 1.807) is 20.8 Å². The number of benzene rings is 1. The second-order valence-corrected chi connectivity index (χ2v) is 8.07. The van der Waals surface area contributed by atoms with Crippen LogP contribution in [0.2, 0.25) is 0 Å². The first-order valence-corrected chi connectivity index (χ1v) is 9.18. The molecule has 0 heterocycles. The maximum atomic E-state index is 12.2. The van der Waals surface area contributed by atoms with Crippen LogP contribution in [0.4, 0.5) is 4.79 Å². The molecule has 0 aliphatic heterocycles. The van der Waals surface area contributed by atoms with Crippen LogP contribution in [0, 0.1) is 0 Å². The molecule has 1 aliphatic rings. The zero-order chi connectivity index (χ0) is 20.1. The molecule has 1 aromatic carbocycles. The van der Waals surface area contributed by atoms with Gasteiger partial charge in [0.2, 0.25) is 0 Å². The Bertz CT molecular complexity index is 636. The number of carbonyl (C=O) groups is 2. The van der Waals surface area contributed by atoms with E-state index < -0.39 is 35.4 Å². The van der Waals surface area contributed by atoms with Gasteiger partial charge in [-0.15, -0.1) is 0 Å². The largest absolute Gasteiger partial charge is 0.458 e. The van der Waals surface area contributed by atoms with Crippen molar-refractivity contribution in [1.82, 2.24) is 5.32 Å². The van der Waals surface area contributed by atoms with Crippen molar-refractivity contribution in [2.24, 2.45) is 0 Å². The van der Waals surface area contributed by atoms with Crippen LogP contribution in [0.5, 0.6) is 0 Å². The van der Waals surface area contributed by atoms with Gasteiger partial charge in [0, 0.05) is 0 Å². The Balaban J connectivity index is 1.98. The Morgan fingerprint density at radius 1 is 1.22 bits per heavy atom. The van der Waals surface area contributed by atoms with Crippen molar-refractivity contribution in [1.29, 1.82) is 0 Å². The second kappa shape index (κ2) is 8.71. The van der Waals surface area contributed by atoms with Crippen LogP contribution in [-0.4, -0.2) is 45.6 Å². The van der Waals surface area contributed by atoms with Crippen LogP contribution in [-0.2, 0) is 20.9 Å². The lowest BCUT2D eigenvalue weighted by atomic mass is 9.75. The van der Waals surface area contributed by atoms with Crippen LogP contribution in [0.3, 0.4) is 0 Å². The van der Waals surface area contributed by atoms with Gasteiger partial charge in [-0.25, -0.2) is 9.59 Å². The minimum atomic E-state index is -1.60. The van der Waals surface area contributed by atoms with Crippen molar-refractivity contribution in [2.45, 2.75) is 76.4 Å². The van der Waals surface area contributed by atoms with E-state index in [2.05, 4.69) is 5.32 Å². The number of hydrogen-bond donors (Lipinski definition) is 3. The van der Waals surface area contributed by atoms with Crippen LogP contribution in [0.15, 0.2) is 30.3 Å². The Morgan fingerprint density at radius 2 is 1.85 bits per heavy atom. The summed E-state index contributed by atoms with van der Waals surface area (Å²) < 4.78 is 10.4. The summed E-state index contributed by atoms with van der Waals surface area (Å²) in [5, 5.41) is 23.3. The number of aliphatic hydroxyl groups excluding tert-OH is 1. The minimum absolute atomic E-state index is 0.0495. The van der Waals surface area contributed by atoms with E-state index in [0.29, 0.717) is 12.8 Å². The zero-order valence-corrected chi connectivity index (χ0v) is 16.1. The molecular formula is C20H29NO6. The third kappa shape index (κ3) is 6.84. The SMILES string of the molecule is CC(C)(C)OC(=O)C(O)C(CC1(O)CCC1)NC(=O)OCc1ccccc1. The molecule has 1 fully saturated rings. The third-order valence-corrected chi connectivity index (χ3v) is 4.43. The molecule has 2 rings (SSSR count). The fraction of sp³-hybridized carbons (Fsp3) is 0.600. The zero-order valence-electron chi connectivity index (χ0n) is 16.1. The molecule has 2 unspecified atom stereocenters. The standard InChI is InChI=1S/C20H29NO6/c1-19(2,3)27-17(23)16(22)15(12-20(25)10-7-11-20)21-18(24)26-13-14-8-5-4-6-9-14/h4-6,8-9,15-16,22,25H,7,10-13H2,1-3H3,(H,21,24). The van der Waals surface area contributed by atoms with Gasteiger partial charge in [0.15, 0.2) is 6.10 Å². The Kier molecular flexibility index (Phi) is 6.84. The van der Waals surface area contributed by atoms with Gasteiger partial charge in [0.1, 0.15) is 12.2 Å². The molecule has 3 N–H and O–H groups in total. The Hall–Kier alpha value is -2.12. The van der Waals surface area contributed by atoms with Crippen molar-refractivity contribution < 1.29 is 29.3 Å². The van der Waals surface area contributed by atoms with Crippen molar-refractivity contribution >= 4 is 12.1 Å². The van der Waals surface area contributed by atoms with Gasteiger partial charge in [0.05, 0.1) is 11.6 Å². The number of aliphatic hydroxyl groups is 2. The van der Waals surface area contributed by atoms with Gasteiger partial charge < -0.3 is 25.0 Å². The lowest BCUT2D eigenvalue weighted by Crippen LogP contribution is -2.54. The molecule has 0 radical (unpaired) electrons. The molecule has 0 bridgehead atoms. The van der Waals surface area contributed by atoms with Crippen molar-refractivity contribution in [3.05, 3.63) is 35.9 Å². The van der Waals surface area contributed by atoms with Gasteiger partial charge in [-0.05, 0) is 52.0 Å². The highest BCUT2D eigenvalue weighted by Gasteiger charge is 2.42. The summed E-state index contributed by atoms with van der Waals surface area (Å²) in [7, 11) is 0. The van der Waals surface area contributed by atoms with Crippen molar-refractivity contribution in [3.8, 4) is 0 Å². The predicted molar refractivity (Wildman–Crippen MR) is 98.8 cm³/mol. The van der Waals surface area contributed by atoms with Crippen LogP contribution in [0.25, 0.3) is 0 Å². The summed E-state index contributed by atoms with van der Waals surface area (Å²) in [5.41, 5.74) is -0.959. The normalized spacial score (nSPS) is 18.0. The molecule has 0 aromatic heterocycles. The fourth-order valence-electron chi connectivity index (χ4n) is 2.88. The average Bonchev–Trinajstić information content (AvgIpc) is 2.56. The quantitative estimate of drug-likeness (QED) is 0.628. The molecule has 150 valence electrons. The van der Waals surface area contributed by atoms with E-state index in [0.717, 1.165) is 12.0 Å². The topological polar surface area (TPSA) is 105 Å². The Morgan fingerprint density at radius 3 is 2.37 bits per heavy atom. The number of ether oxygens (including phenoxy) is 2. The summed E-state index contributed by atoms with van der Waals surface area (Å²) in [6.45, 7) is 5.13. The molecule has 27 heavy (non-hydrogen) atoms. The molecule has 0 saturated heterocycles. The number of carbonyl (C=O) groups excluding carboxylic acids is 2. The molecule has 1 aliphatic carbocycles. The predicted octanol–water partition coefficient (Wildman–Crippen LogP) is 2.29. The van der Waals surface area contributed by atoms with Crippen LogP contribution < -0.4 is 5.32 Å². The van der Waals surface area contributed by atoms with E-state index in [-0.39, 0.29) is 13.0 Å². The van der Waals surface area contributed by atoms with Crippen molar-refractivity contribution in [3.63, 3.8) is 0 Å². The van der Waals surface area contributed by atoms with Gasteiger partial charge in [-0.3, -0.25) is 0 Å². The van der Waals surface area contributed by atoms with E-state index in [4.69, 9.17) is 9.47 Å². The van der Waals surface area contributed by atoms with Crippen LogP contribution >= 0.6 is 0 Å². The number of hydrogen-bond acceptors (Lipinski definition) is 6. The number of alkyl carbamates (subject to hydrolysis) is 1. The minimum Gasteiger partial charge on any atom is -0.458 e. The molecule has 7 nitrogen and oxygen atoms in total. The highest BCUT2D eigenvalue weighted by atomic mass is 16.6. The lowest BCUT2D eigenvalue weighted by molar-refractivity contribution is -0.168. The smallest absolute Gasteiger partial charge is 0.407 e. The number of amides is 1. The van der Waals surface area contributed by atoms with E-state index >= 15 is 0 Å². The molecular weight excluding hydrogens is 350 g/mol. The summed E-state index contributed by atoms with van der Waals surface area (Å²) in [5.74, 6) is -0.848. The third-order valence-electron chi connectivity index (χ3n) is 4.43. The highest BCUT2D eigenvalue weighted by molar-refractivity contribution is 5.77. The first-order valence-electron chi connectivity index (χ1n) is 9.18. The van der Waals surface area contributed by atoms with E-state index in [1.165, 1.54) is 0 Å². The van der Waals surface area contributed by atoms with Crippen LogP contribution in [0.1, 0.15) is 52.0 Å². The highest BCUT2D eigenvalue weighted by Crippen LogP contribution is 2.36. The van der Waals surface area contributed by atoms with Gasteiger partial charge in [-0.1, -0.05) is 30.3 Å². The summed E-state index contributed by atoms with van der Waals surface area (Å²) in [4.78, 5) is 24.4. The summed E-state index contributed by atoms with van der Waals surface area (Å²) in [6, 6.07) is 8.15. The molecule has 1 saturated carbocycles. The van der Waals surface area contributed by atoms with E-state index in [1.807, 2.05) is 30.3 Å². The first-order chi connectivity index (χ1) is 12.6. The molecule has 1 amide bonds. The molecule has 1 aromatic rings.